The Hall–Kier alpha value is -3.32. The summed E-state index contributed by atoms with van der Waals surface area (Å²) in [5, 5.41) is 5.03. The van der Waals surface area contributed by atoms with Crippen molar-refractivity contribution in [2.45, 2.75) is 35.6 Å². The number of hydrogen-bond acceptors (Lipinski definition) is 5. The molecular formula is C23H21N3O3S. The van der Waals surface area contributed by atoms with Crippen LogP contribution in [0.2, 0.25) is 0 Å². The molecule has 0 saturated carbocycles. The van der Waals surface area contributed by atoms with E-state index in [1.807, 2.05) is 56.3 Å². The van der Waals surface area contributed by atoms with E-state index in [0.29, 0.717) is 12.2 Å². The first-order valence-corrected chi connectivity index (χ1v) is 10.4. The number of urea groups is 1. The van der Waals surface area contributed by atoms with Crippen LogP contribution < -0.4 is 10.6 Å². The van der Waals surface area contributed by atoms with Crippen molar-refractivity contribution in [1.82, 2.24) is 15.6 Å². The van der Waals surface area contributed by atoms with Crippen molar-refractivity contribution in [1.29, 1.82) is 0 Å². The molecule has 0 aliphatic carbocycles. The first-order chi connectivity index (χ1) is 14.5. The molecule has 4 rings (SSSR count). The molecule has 1 aromatic carbocycles. The van der Waals surface area contributed by atoms with Crippen molar-refractivity contribution in [3.05, 3.63) is 77.5 Å². The monoisotopic (exact) mass is 419 g/mol. The predicted molar refractivity (Wildman–Crippen MR) is 116 cm³/mol. The van der Waals surface area contributed by atoms with Gasteiger partial charge < -0.3 is 9.73 Å². The first kappa shape index (κ1) is 20.0. The molecule has 152 valence electrons. The second-order valence-corrected chi connectivity index (χ2v) is 8.13. The van der Waals surface area contributed by atoms with Crippen LogP contribution in [0.5, 0.6) is 0 Å². The number of imide groups is 1. The average molecular weight is 420 g/mol. The van der Waals surface area contributed by atoms with Gasteiger partial charge in [-0.3, -0.25) is 15.1 Å². The molecule has 3 amide bonds. The first-order valence-electron chi connectivity index (χ1n) is 9.60. The minimum atomic E-state index is -1.17. The summed E-state index contributed by atoms with van der Waals surface area (Å²) in [5.41, 5.74) is 1.99. The van der Waals surface area contributed by atoms with Crippen molar-refractivity contribution in [3.63, 3.8) is 0 Å². The van der Waals surface area contributed by atoms with E-state index < -0.39 is 17.5 Å². The summed E-state index contributed by atoms with van der Waals surface area (Å²) in [6.45, 7) is 3.81. The van der Waals surface area contributed by atoms with Crippen LogP contribution >= 0.6 is 11.8 Å². The highest BCUT2D eigenvalue weighted by Crippen LogP contribution is 2.39. The van der Waals surface area contributed by atoms with E-state index in [1.54, 1.807) is 12.5 Å². The summed E-state index contributed by atoms with van der Waals surface area (Å²) < 4.78 is 5.64. The fourth-order valence-corrected chi connectivity index (χ4v) is 4.35. The van der Waals surface area contributed by atoms with Gasteiger partial charge in [-0.2, -0.15) is 0 Å². The Balaban J connectivity index is 1.52. The standard InChI is InChI=1S/C23H21N3O3S/c1-3-23(21(27)25-22(28)26-23)20-19(11-13-29-20)30-18-8-6-16(7-9-18)4-5-17-10-12-24-15(2)14-17/h4-14H,3H2,1-2H3,(H2,25,26,27,28)/b5-4+. The van der Waals surface area contributed by atoms with E-state index in [2.05, 4.69) is 27.8 Å². The predicted octanol–water partition coefficient (Wildman–Crippen LogP) is 4.75. The maximum absolute atomic E-state index is 12.4. The van der Waals surface area contributed by atoms with Gasteiger partial charge in [0.15, 0.2) is 11.3 Å². The van der Waals surface area contributed by atoms with Gasteiger partial charge in [0.25, 0.3) is 5.91 Å². The molecule has 2 aromatic heterocycles. The third-order valence-electron chi connectivity index (χ3n) is 4.99. The topological polar surface area (TPSA) is 84.2 Å². The van der Waals surface area contributed by atoms with Gasteiger partial charge in [-0.1, -0.05) is 43.0 Å². The van der Waals surface area contributed by atoms with Gasteiger partial charge in [-0.25, -0.2) is 4.79 Å². The largest absolute Gasteiger partial charge is 0.465 e. The fourth-order valence-electron chi connectivity index (χ4n) is 3.39. The quantitative estimate of drug-likeness (QED) is 0.563. The van der Waals surface area contributed by atoms with Gasteiger partial charge in [0.05, 0.1) is 11.2 Å². The van der Waals surface area contributed by atoms with Gasteiger partial charge in [-0.15, -0.1) is 0 Å². The zero-order valence-electron chi connectivity index (χ0n) is 16.6. The van der Waals surface area contributed by atoms with E-state index in [4.69, 9.17) is 4.42 Å². The number of carbonyl (C=O) groups is 2. The Bertz CT molecular complexity index is 1120. The van der Waals surface area contributed by atoms with Crippen LogP contribution in [0.25, 0.3) is 12.2 Å². The summed E-state index contributed by atoms with van der Waals surface area (Å²) in [4.78, 5) is 30.1. The van der Waals surface area contributed by atoms with Crippen molar-refractivity contribution in [2.75, 3.05) is 0 Å². The number of aryl methyl sites for hydroxylation is 1. The molecule has 2 N–H and O–H groups in total. The van der Waals surface area contributed by atoms with Gasteiger partial charge in [0.2, 0.25) is 0 Å². The molecule has 1 unspecified atom stereocenters. The molecule has 3 heterocycles. The van der Waals surface area contributed by atoms with Crippen molar-refractivity contribution >= 4 is 35.9 Å². The van der Waals surface area contributed by atoms with Crippen molar-refractivity contribution < 1.29 is 14.0 Å². The molecular weight excluding hydrogens is 398 g/mol. The number of benzene rings is 1. The molecule has 1 atom stereocenters. The Morgan fingerprint density at radius 1 is 1.10 bits per heavy atom. The van der Waals surface area contributed by atoms with E-state index in [0.717, 1.165) is 26.6 Å². The molecule has 0 spiro atoms. The third kappa shape index (κ3) is 3.89. The molecule has 1 aliphatic heterocycles. The Kier molecular flexibility index (Phi) is 5.46. The number of hydrogen-bond donors (Lipinski definition) is 2. The molecule has 0 bridgehead atoms. The molecule has 0 radical (unpaired) electrons. The maximum atomic E-state index is 12.4. The van der Waals surface area contributed by atoms with E-state index in [9.17, 15) is 9.59 Å². The second-order valence-electron chi connectivity index (χ2n) is 7.02. The smallest absolute Gasteiger partial charge is 0.322 e. The van der Waals surface area contributed by atoms with Gasteiger partial charge in [0, 0.05) is 16.8 Å². The van der Waals surface area contributed by atoms with Gasteiger partial charge in [-0.05, 0) is 54.8 Å². The summed E-state index contributed by atoms with van der Waals surface area (Å²) in [5.74, 6) is 0.0639. The third-order valence-corrected chi connectivity index (χ3v) is 6.03. The Morgan fingerprint density at radius 2 is 1.87 bits per heavy atom. The van der Waals surface area contributed by atoms with Gasteiger partial charge in [0.1, 0.15) is 0 Å². The average Bonchev–Trinajstić information content (AvgIpc) is 3.31. The zero-order chi connectivity index (χ0) is 21.1. The molecule has 3 aromatic rings. The lowest BCUT2D eigenvalue weighted by molar-refractivity contribution is -0.125. The van der Waals surface area contributed by atoms with E-state index in [-0.39, 0.29) is 0 Å². The van der Waals surface area contributed by atoms with E-state index in [1.165, 1.54) is 11.8 Å². The van der Waals surface area contributed by atoms with E-state index >= 15 is 0 Å². The molecule has 30 heavy (non-hydrogen) atoms. The van der Waals surface area contributed by atoms with Crippen molar-refractivity contribution in [2.24, 2.45) is 0 Å². The summed E-state index contributed by atoms with van der Waals surface area (Å²) in [6, 6.07) is 13.4. The van der Waals surface area contributed by atoms with Crippen LogP contribution in [0.15, 0.2) is 69.1 Å². The molecule has 1 saturated heterocycles. The Labute approximate surface area is 178 Å². The Morgan fingerprint density at radius 3 is 2.53 bits per heavy atom. The highest BCUT2D eigenvalue weighted by molar-refractivity contribution is 7.99. The highest BCUT2D eigenvalue weighted by atomic mass is 32.2. The summed E-state index contributed by atoms with van der Waals surface area (Å²) >= 11 is 1.49. The van der Waals surface area contributed by atoms with Crippen molar-refractivity contribution in [3.8, 4) is 0 Å². The number of amides is 3. The number of aromatic nitrogens is 1. The van der Waals surface area contributed by atoms with Crippen LogP contribution in [0.3, 0.4) is 0 Å². The van der Waals surface area contributed by atoms with Gasteiger partial charge >= 0.3 is 6.03 Å². The SMILES string of the molecule is CCC1(c2occc2Sc2ccc(/C=C/c3ccnc(C)c3)cc2)NC(=O)NC1=O. The number of pyridine rings is 1. The lowest BCUT2D eigenvalue weighted by atomic mass is 9.93. The highest BCUT2D eigenvalue weighted by Gasteiger charge is 2.50. The molecule has 1 fully saturated rings. The zero-order valence-corrected chi connectivity index (χ0v) is 17.5. The number of furan rings is 1. The molecule has 7 heteroatoms. The minimum Gasteiger partial charge on any atom is -0.465 e. The van der Waals surface area contributed by atoms with Crippen LogP contribution in [-0.2, 0) is 10.3 Å². The van der Waals surface area contributed by atoms with Crippen LogP contribution in [0, 0.1) is 6.92 Å². The summed E-state index contributed by atoms with van der Waals surface area (Å²) in [7, 11) is 0. The number of carbonyl (C=O) groups excluding carboxylic acids is 2. The maximum Gasteiger partial charge on any atom is 0.322 e. The second kappa shape index (κ2) is 8.20. The molecule has 6 nitrogen and oxygen atoms in total. The lowest BCUT2D eigenvalue weighted by Crippen LogP contribution is -2.43. The number of nitrogens with zero attached hydrogens (tertiary/aromatic N) is 1. The van der Waals surface area contributed by atoms with Crippen LogP contribution in [-0.4, -0.2) is 16.9 Å². The number of rotatable bonds is 6. The van der Waals surface area contributed by atoms with Crippen LogP contribution in [0.1, 0.15) is 35.9 Å². The fraction of sp³-hybridized carbons (Fsp3) is 0.174. The number of nitrogens with one attached hydrogen (secondary N) is 2. The molecule has 1 aliphatic rings. The lowest BCUT2D eigenvalue weighted by Gasteiger charge is -2.23. The summed E-state index contributed by atoms with van der Waals surface area (Å²) in [6.07, 6.45) is 7.84. The minimum absolute atomic E-state index is 0.390. The van der Waals surface area contributed by atoms with Crippen LogP contribution in [0.4, 0.5) is 4.79 Å². The normalized spacial score (nSPS) is 18.6.